The third-order valence-electron chi connectivity index (χ3n) is 3.78. The van der Waals surface area contributed by atoms with Crippen LogP contribution in [0.2, 0.25) is 10.0 Å². The molecule has 2 aromatic carbocycles. The van der Waals surface area contributed by atoms with Gasteiger partial charge in [-0.2, -0.15) is 5.26 Å². The first-order valence-corrected chi connectivity index (χ1v) is 9.44. The molecule has 136 valence electrons. The van der Waals surface area contributed by atoms with Crippen LogP contribution in [0.1, 0.15) is 10.6 Å². The Hall–Kier alpha value is -2.52. The molecule has 0 aliphatic heterocycles. The van der Waals surface area contributed by atoms with E-state index in [1.807, 2.05) is 17.5 Å². The highest BCUT2D eigenvalue weighted by molar-refractivity contribution is 7.11. The topological polar surface area (TPSA) is 55.1 Å². The normalized spacial score (nSPS) is 11.1. The molecule has 7 heteroatoms. The number of nitriles is 1. The molecule has 0 amide bonds. The number of ether oxygens (including phenoxy) is 2. The number of thiazole rings is 1. The number of nitrogens with zero attached hydrogens (tertiary/aromatic N) is 2. The van der Waals surface area contributed by atoms with Gasteiger partial charge in [0.25, 0.3) is 0 Å². The summed E-state index contributed by atoms with van der Waals surface area (Å²) >= 11 is 13.6. The van der Waals surface area contributed by atoms with Crippen molar-refractivity contribution in [2.75, 3.05) is 14.2 Å². The summed E-state index contributed by atoms with van der Waals surface area (Å²) in [6, 6.07) is 12.9. The summed E-state index contributed by atoms with van der Waals surface area (Å²) in [7, 11) is 3.15. The van der Waals surface area contributed by atoms with Gasteiger partial charge in [0.1, 0.15) is 11.1 Å². The number of aromatic nitrogens is 1. The zero-order chi connectivity index (χ0) is 19.4. The molecule has 1 heterocycles. The summed E-state index contributed by atoms with van der Waals surface area (Å²) in [6.07, 6.45) is 1.76. The van der Waals surface area contributed by atoms with Crippen LogP contribution in [-0.4, -0.2) is 19.2 Å². The van der Waals surface area contributed by atoms with Crippen molar-refractivity contribution >= 4 is 46.2 Å². The second-order valence-corrected chi connectivity index (χ2v) is 7.15. The van der Waals surface area contributed by atoms with E-state index in [1.165, 1.54) is 11.3 Å². The van der Waals surface area contributed by atoms with E-state index in [4.69, 9.17) is 32.7 Å². The van der Waals surface area contributed by atoms with Crippen LogP contribution >= 0.6 is 34.5 Å². The van der Waals surface area contributed by atoms with E-state index < -0.39 is 0 Å². The molecule has 0 N–H and O–H groups in total. The molecule has 27 heavy (non-hydrogen) atoms. The second-order valence-electron chi connectivity index (χ2n) is 5.45. The van der Waals surface area contributed by atoms with Crippen LogP contribution in [-0.2, 0) is 0 Å². The van der Waals surface area contributed by atoms with Crippen molar-refractivity contribution in [1.29, 1.82) is 5.26 Å². The molecule has 0 atom stereocenters. The molecule has 1 aromatic heterocycles. The van der Waals surface area contributed by atoms with E-state index in [-0.39, 0.29) is 0 Å². The van der Waals surface area contributed by atoms with Gasteiger partial charge in [0, 0.05) is 16.0 Å². The molecule has 0 bridgehead atoms. The first kappa shape index (κ1) is 19.2. The van der Waals surface area contributed by atoms with Crippen molar-refractivity contribution in [3.05, 3.63) is 62.4 Å². The maximum atomic E-state index is 9.59. The van der Waals surface area contributed by atoms with Crippen LogP contribution in [0, 0.1) is 11.3 Å². The van der Waals surface area contributed by atoms with Crippen LogP contribution < -0.4 is 9.47 Å². The fraction of sp³-hybridized carbons (Fsp3) is 0.100. The maximum Gasteiger partial charge on any atom is 0.161 e. The van der Waals surface area contributed by atoms with Gasteiger partial charge in [-0.05, 0) is 42.0 Å². The van der Waals surface area contributed by atoms with Gasteiger partial charge in [-0.3, -0.25) is 0 Å². The van der Waals surface area contributed by atoms with Gasteiger partial charge in [0.15, 0.2) is 11.5 Å². The first-order chi connectivity index (χ1) is 13.0. The highest BCUT2D eigenvalue weighted by Gasteiger charge is 2.12. The molecule has 0 fully saturated rings. The van der Waals surface area contributed by atoms with Crippen LogP contribution in [0.5, 0.6) is 11.5 Å². The van der Waals surface area contributed by atoms with Crippen molar-refractivity contribution in [1.82, 2.24) is 4.98 Å². The Labute approximate surface area is 171 Å². The number of allylic oxidation sites excluding steroid dienone is 1. The summed E-state index contributed by atoms with van der Waals surface area (Å²) in [6.45, 7) is 0. The molecule has 3 rings (SSSR count). The molecular formula is C20H14Cl2N2O2S. The van der Waals surface area contributed by atoms with Crippen LogP contribution in [0.25, 0.3) is 22.9 Å². The minimum atomic E-state index is 0.448. The lowest BCUT2D eigenvalue weighted by atomic mass is 10.1. The Kier molecular flexibility index (Phi) is 6.02. The standard InChI is InChI=1S/C20H14Cl2N2O2S/c1-25-18-6-3-12(8-19(18)26-2)7-13(10-23)20-24-17(11-27-20)15-5-4-14(21)9-16(15)22/h3-9,11H,1-2H3/b13-7+. The van der Waals surface area contributed by atoms with Crippen LogP contribution in [0.15, 0.2) is 41.8 Å². The molecule has 4 nitrogen and oxygen atoms in total. The lowest BCUT2D eigenvalue weighted by Gasteiger charge is -2.07. The zero-order valence-corrected chi connectivity index (χ0v) is 16.8. The van der Waals surface area contributed by atoms with Crippen molar-refractivity contribution in [3.8, 4) is 28.8 Å². The second kappa shape index (κ2) is 8.45. The largest absolute Gasteiger partial charge is 0.493 e. The average Bonchev–Trinajstić information content (AvgIpc) is 3.15. The monoisotopic (exact) mass is 416 g/mol. The molecule has 0 radical (unpaired) electrons. The van der Waals surface area contributed by atoms with E-state index >= 15 is 0 Å². The fourth-order valence-corrected chi connectivity index (χ4v) is 3.76. The van der Waals surface area contributed by atoms with E-state index in [9.17, 15) is 5.26 Å². The van der Waals surface area contributed by atoms with Gasteiger partial charge < -0.3 is 9.47 Å². The third-order valence-corrected chi connectivity index (χ3v) is 5.20. The Morgan fingerprint density at radius 1 is 1.11 bits per heavy atom. The SMILES string of the molecule is COc1ccc(/C=C(\C#N)c2nc(-c3ccc(Cl)cc3Cl)cs2)cc1OC. The number of hydrogen-bond acceptors (Lipinski definition) is 5. The maximum absolute atomic E-state index is 9.59. The summed E-state index contributed by atoms with van der Waals surface area (Å²) in [5.74, 6) is 1.22. The smallest absolute Gasteiger partial charge is 0.161 e. The van der Waals surface area contributed by atoms with Gasteiger partial charge in [0.05, 0.1) is 30.5 Å². The van der Waals surface area contributed by atoms with Crippen LogP contribution in [0.3, 0.4) is 0 Å². The van der Waals surface area contributed by atoms with Crippen molar-refractivity contribution < 1.29 is 9.47 Å². The molecule has 3 aromatic rings. The van der Waals surface area contributed by atoms with E-state index in [2.05, 4.69) is 11.1 Å². The molecule has 0 unspecified atom stereocenters. The third kappa shape index (κ3) is 4.25. The van der Waals surface area contributed by atoms with Gasteiger partial charge in [0.2, 0.25) is 0 Å². The van der Waals surface area contributed by atoms with E-state index in [0.29, 0.717) is 37.8 Å². The quantitative estimate of drug-likeness (QED) is 0.464. The fourth-order valence-electron chi connectivity index (χ4n) is 2.47. The van der Waals surface area contributed by atoms with Crippen molar-refractivity contribution in [3.63, 3.8) is 0 Å². The number of halogens is 2. The lowest BCUT2D eigenvalue weighted by molar-refractivity contribution is 0.355. The summed E-state index contributed by atoms with van der Waals surface area (Å²) in [4.78, 5) is 4.56. The molecular weight excluding hydrogens is 403 g/mol. The zero-order valence-electron chi connectivity index (χ0n) is 14.5. The first-order valence-electron chi connectivity index (χ1n) is 7.81. The van der Waals surface area contributed by atoms with Gasteiger partial charge in [-0.15, -0.1) is 11.3 Å². The minimum Gasteiger partial charge on any atom is -0.493 e. The predicted octanol–water partition coefficient (Wildman–Crippen LogP) is 6.20. The number of methoxy groups -OCH3 is 2. The van der Waals surface area contributed by atoms with Crippen molar-refractivity contribution in [2.45, 2.75) is 0 Å². The molecule has 0 spiro atoms. The number of rotatable bonds is 5. The van der Waals surface area contributed by atoms with Crippen molar-refractivity contribution in [2.24, 2.45) is 0 Å². The van der Waals surface area contributed by atoms with Gasteiger partial charge in [-0.1, -0.05) is 29.3 Å². The Morgan fingerprint density at radius 2 is 1.89 bits per heavy atom. The Balaban J connectivity index is 1.96. The summed E-state index contributed by atoms with van der Waals surface area (Å²) in [5, 5.41) is 13.1. The molecule has 0 saturated heterocycles. The van der Waals surface area contributed by atoms with E-state index in [1.54, 1.807) is 44.6 Å². The average molecular weight is 417 g/mol. The van der Waals surface area contributed by atoms with Crippen LogP contribution in [0.4, 0.5) is 0 Å². The highest BCUT2D eigenvalue weighted by atomic mass is 35.5. The molecule has 0 aliphatic rings. The summed E-state index contributed by atoms with van der Waals surface area (Å²) < 4.78 is 10.5. The van der Waals surface area contributed by atoms with E-state index in [0.717, 1.165) is 11.1 Å². The molecule has 0 saturated carbocycles. The Morgan fingerprint density at radius 3 is 2.56 bits per heavy atom. The predicted molar refractivity (Wildman–Crippen MR) is 111 cm³/mol. The summed E-state index contributed by atoms with van der Waals surface area (Å²) in [5.41, 5.74) is 2.73. The van der Waals surface area contributed by atoms with Gasteiger partial charge in [-0.25, -0.2) is 4.98 Å². The molecule has 0 aliphatic carbocycles. The lowest BCUT2D eigenvalue weighted by Crippen LogP contribution is -1.91. The minimum absolute atomic E-state index is 0.448. The highest BCUT2D eigenvalue weighted by Crippen LogP contribution is 2.34. The number of hydrogen-bond donors (Lipinski definition) is 0. The van der Waals surface area contributed by atoms with Gasteiger partial charge >= 0.3 is 0 Å². The number of benzene rings is 2. The Bertz CT molecular complexity index is 1050.